The molecule has 0 spiro atoms. The molecule has 0 bridgehead atoms. The third kappa shape index (κ3) is 8.25. The first-order chi connectivity index (χ1) is 7.72. The van der Waals surface area contributed by atoms with Gasteiger partial charge in [0, 0.05) is 19.9 Å². The Morgan fingerprint density at radius 1 is 1.44 bits per heavy atom. The van der Waals surface area contributed by atoms with E-state index in [1.54, 1.807) is 13.3 Å². The van der Waals surface area contributed by atoms with Crippen molar-refractivity contribution in [3.63, 3.8) is 0 Å². The van der Waals surface area contributed by atoms with Gasteiger partial charge in [0.15, 0.2) is 0 Å². The highest BCUT2D eigenvalue weighted by Crippen LogP contribution is 2.04. The highest BCUT2D eigenvalue weighted by atomic mass is 35.5. The lowest BCUT2D eigenvalue weighted by molar-refractivity contribution is -0.115. The topological polar surface area (TPSA) is 63.2 Å². The average Bonchev–Trinajstić information content (AvgIpc) is 2.24. The normalized spacial score (nSPS) is 9.00. The van der Waals surface area contributed by atoms with Crippen LogP contribution >= 0.6 is 24.8 Å². The molecule has 1 aromatic heterocycles. The van der Waals surface area contributed by atoms with Crippen molar-refractivity contribution in [3.8, 4) is 0 Å². The quantitative estimate of drug-likeness (QED) is 0.779. The molecule has 0 unspecified atom stereocenters. The smallest absolute Gasteiger partial charge is 0.239 e. The lowest BCUT2D eigenvalue weighted by Gasteiger charge is -2.06. The Morgan fingerprint density at radius 2 is 2.17 bits per heavy atom. The number of halogens is 2. The molecule has 1 amide bonds. The van der Waals surface area contributed by atoms with E-state index >= 15 is 0 Å². The number of nitrogens with one attached hydrogen (secondary N) is 2. The van der Waals surface area contributed by atoms with E-state index in [2.05, 4.69) is 15.6 Å². The van der Waals surface area contributed by atoms with Crippen LogP contribution in [0.25, 0.3) is 0 Å². The summed E-state index contributed by atoms with van der Waals surface area (Å²) < 4.78 is 4.85. The standard InChI is InChI=1S/C11H17N3O2.2ClH/c1-9-3-4-13-10(7-9)14-11(15)8-12-5-6-16-2;;/h3-4,7,12H,5-6,8H2,1-2H3,(H,13,14,15);2*1H. The summed E-state index contributed by atoms with van der Waals surface area (Å²) in [6.07, 6.45) is 1.67. The Kier molecular flexibility index (Phi) is 12.1. The third-order valence-electron chi connectivity index (χ3n) is 1.95. The SMILES string of the molecule is COCCNCC(=O)Nc1cc(C)ccn1.Cl.Cl. The molecule has 104 valence electrons. The van der Waals surface area contributed by atoms with Crippen LogP contribution < -0.4 is 10.6 Å². The molecule has 7 heteroatoms. The van der Waals surface area contributed by atoms with Gasteiger partial charge in [0.1, 0.15) is 5.82 Å². The van der Waals surface area contributed by atoms with Gasteiger partial charge in [-0.15, -0.1) is 24.8 Å². The zero-order chi connectivity index (χ0) is 11.8. The minimum absolute atomic E-state index is 0. The number of aryl methyl sites for hydroxylation is 1. The largest absolute Gasteiger partial charge is 0.383 e. The third-order valence-corrected chi connectivity index (χ3v) is 1.95. The number of anilines is 1. The fourth-order valence-corrected chi connectivity index (χ4v) is 1.17. The van der Waals surface area contributed by atoms with Crippen molar-refractivity contribution in [2.24, 2.45) is 0 Å². The molecule has 0 saturated heterocycles. The highest BCUT2D eigenvalue weighted by Gasteiger charge is 2.02. The van der Waals surface area contributed by atoms with Crippen LogP contribution in [0.1, 0.15) is 5.56 Å². The molecule has 1 aromatic rings. The maximum Gasteiger partial charge on any atom is 0.239 e. The fraction of sp³-hybridized carbons (Fsp3) is 0.455. The van der Waals surface area contributed by atoms with E-state index in [9.17, 15) is 4.79 Å². The zero-order valence-electron chi connectivity index (χ0n) is 10.4. The van der Waals surface area contributed by atoms with Crippen molar-refractivity contribution in [2.45, 2.75) is 6.92 Å². The van der Waals surface area contributed by atoms with Gasteiger partial charge in [-0.1, -0.05) is 0 Å². The summed E-state index contributed by atoms with van der Waals surface area (Å²) in [7, 11) is 1.62. The number of carbonyl (C=O) groups excluding carboxylic acids is 1. The van der Waals surface area contributed by atoms with Crippen molar-refractivity contribution in [1.82, 2.24) is 10.3 Å². The maximum atomic E-state index is 11.4. The first-order valence-electron chi connectivity index (χ1n) is 5.14. The molecular weight excluding hydrogens is 277 g/mol. The van der Waals surface area contributed by atoms with E-state index in [0.29, 0.717) is 19.0 Å². The summed E-state index contributed by atoms with van der Waals surface area (Å²) >= 11 is 0. The molecule has 18 heavy (non-hydrogen) atoms. The van der Waals surface area contributed by atoms with Crippen LogP contribution in [0.2, 0.25) is 0 Å². The first-order valence-corrected chi connectivity index (χ1v) is 5.14. The predicted molar refractivity (Wildman–Crippen MR) is 76.8 cm³/mol. The summed E-state index contributed by atoms with van der Waals surface area (Å²) in [6, 6.07) is 3.71. The monoisotopic (exact) mass is 295 g/mol. The second-order valence-electron chi connectivity index (χ2n) is 3.44. The van der Waals surface area contributed by atoms with Gasteiger partial charge in [-0.25, -0.2) is 4.98 Å². The van der Waals surface area contributed by atoms with E-state index < -0.39 is 0 Å². The Morgan fingerprint density at radius 3 is 2.78 bits per heavy atom. The number of hydrogen-bond acceptors (Lipinski definition) is 4. The Labute approximate surface area is 120 Å². The fourth-order valence-electron chi connectivity index (χ4n) is 1.17. The minimum Gasteiger partial charge on any atom is -0.383 e. The van der Waals surface area contributed by atoms with Crippen molar-refractivity contribution in [1.29, 1.82) is 0 Å². The van der Waals surface area contributed by atoms with Crippen molar-refractivity contribution in [3.05, 3.63) is 23.9 Å². The van der Waals surface area contributed by atoms with Gasteiger partial charge in [-0.2, -0.15) is 0 Å². The number of ether oxygens (including phenoxy) is 1. The zero-order valence-corrected chi connectivity index (χ0v) is 12.1. The van der Waals surface area contributed by atoms with Crippen molar-refractivity contribution in [2.75, 3.05) is 32.1 Å². The number of pyridine rings is 1. The molecule has 0 aliphatic heterocycles. The molecule has 0 aliphatic carbocycles. The first kappa shape index (κ1) is 19.5. The van der Waals surface area contributed by atoms with Gasteiger partial charge in [-0.05, 0) is 24.6 Å². The van der Waals surface area contributed by atoms with Gasteiger partial charge >= 0.3 is 0 Å². The maximum absolute atomic E-state index is 11.4. The minimum atomic E-state index is -0.103. The molecule has 0 aromatic carbocycles. The van der Waals surface area contributed by atoms with Gasteiger partial charge in [-0.3, -0.25) is 4.79 Å². The second-order valence-corrected chi connectivity index (χ2v) is 3.44. The molecule has 2 N–H and O–H groups in total. The Balaban J connectivity index is 0. The predicted octanol–water partition coefficient (Wildman–Crippen LogP) is 1.41. The summed E-state index contributed by atoms with van der Waals surface area (Å²) in [4.78, 5) is 15.5. The van der Waals surface area contributed by atoms with Crippen LogP contribution in [0.5, 0.6) is 0 Å². The van der Waals surface area contributed by atoms with E-state index in [1.807, 2.05) is 19.1 Å². The lowest BCUT2D eigenvalue weighted by atomic mass is 10.3. The molecular formula is C11H19Cl2N3O2. The molecule has 1 heterocycles. The summed E-state index contributed by atoms with van der Waals surface area (Å²) in [5, 5.41) is 5.66. The number of hydrogen-bond donors (Lipinski definition) is 2. The number of carbonyl (C=O) groups is 1. The highest BCUT2D eigenvalue weighted by molar-refractivity contribution is 5.91. The van der Waals surface area contributed by atoms with Crippen molar-refractivity contribution < 1.29 is 9.53 Å². The number of aromatic nitrogens is 1. The summed E-state index contributed by atoms with van der Waals surface area (Å²) in [5.74, 6) is 0.479. The van der Waals surface area contributed by atoms with Gasteiger partial charge in [0.25, 0.3) is 0 Å². The number of methoxy groups -OCH3 is 1. The molecule has 5 nitrogen and oxygen atoms in total. The van der Waals surface area contributed by atoms with E-state index in [0.717, 1.165) is 5.56 Å². The second kappa shape index (κ2) is 11.2. The van der Waals surface area contributed by atoms with Crippen LogP contribution in [0.4, 0.5) is 5.82 Å². The lowest BCUT2D eigenvalue weighted by Crippen LogP contribution is -2.30. The summed E-state index contributed by atoms with van der Waals surface area (Å²) in [5.41, 5.74) is 1.07. The molecule has 0 atom stereocenters. The molecule has 0 aliphatic rings. The van der Waals surface area contributed by atoms with Crippen LogP contribution in [0.15, 0.2) is 18.3 Å². The van der Waals surface area contributed by atoms with Crippen LogP contribution in [-0.2, 0) is 9.53 Å². The number of nitrogens with zero attached hydrogens (tertiary/aromatic N) is 1. The van der Waals surface area contributed by atoms with E-state index in [4.69, 9.17) is 4.74 Å². The van der Waals surface area contributed by atoms with E-state index in [1.165, 1.54) is 0 Å². The molecule has 0 fully saturated rings. The van der Waals surface area contributed by atoms with Gasteiger partial charge in [0.05, 0.1) is 13.2 Å². The number of amides is 1. The molecule has 0 saturated carbocycles. The van der Waals surface area contributed by atoms with Gasteiger partial charge < -0.3 is 15.4 Å². The van der Waals surface area contributed by atoms with Crippen molar-refractivity contribution >= 4 is 36.5 Å². The van der Waals surface area contributed by atoms with Crippen LogP contribution in [0, 0.1) is 6.92 Å². The Bertz CT molecular complexity index is 351. The molecule has 0 radical (unpaired) electrons. The average molecular weight is 296 g/mol. The summed E-state index contributed by atoms with van der Waals surface area (Å²) in [6.45, 7) is 3.47. The van der Waals surface area contributed by atoms with E-state index in [-0.39, 0.29) is 37.3 Å². The van der Waals surface area contributed by atoms with Crippen LogP contribution in [-0.4, -0.2) is 37.7 Å². The van der Waals surface area contributed by atoms with Crippen LogP contribution in [0.3, 0.4) is 0 Å². The number of rotatable bonds is 6. The van der Waals surface area contributed by atoms with Gasteiger partial charge in [0.2, 0.25) is 5.91 Å². The molecule has 1 rings (SSSR count). The Hall–Kier alpha value is -0.880.